The highest BCUT2D eigenvalue weighted by Crippen LogP contribution is 2.26. The molecule has 0 unspecified atom stereocenters. The molecule has 0 spiro atoms. The predicted molar refractivity (Wildman–Crippen MR) is 69.5 cm³/mol. The summed E-state index contributed by atoms with van der Waals surface area (Å²) in [6, 6.07) is 14.9. The molecule has 0 atom stereocenters. The number of nitrogens with zero attached hydrogens (tertiary/aromatic N) is 1. The van der Waals surface area contributed by atoms with E-state index in [0.29, 0.717) is 12.2 Å². The smallest absolute Gasteiger partial charge is 0.300 e. The molecule has 2 aromatic rings. The van der Waals surface area contributed by atoms with Gasteiger partial charge in [-0.25, -0.2) is 0 Å². The highest BCUT2D eigenvalue weighted by atomic mass is 16.6. The van der Waals surface area contributed by atoms with Gasteiger partial charge in [0, 0.05) is 12.2 Å². The van der Waals surface area contributed by atoms with Gasteiger partial charge in [0.15, 0.2) is 0 Å². The van der Waals surface area contributed by atoms with E-state index in [1.54, 1.807) is 12.1 Å². The third-order valence-corrected chi connectivity index (χ3v) is 2.49. The number of anilines is 2. The maximum atomic E-state index is 10.8. The van der Waals surface area contributed by atoms with Crippen molar-refractivity contribution in [2.24, 2.45) is 5.73 Å². The first-order valence-corrected chi connectivity index (χ1v) is 5.42. The van der Waals surface area contributed by atoms with E-state index in [9.17, 15) is 10.1 Å². The summed E-state index contributed by atoms with van der Waals surface area (Å²) in [5.74, 6) is 0. The van der Waals surface area contributed by atoms with Crippen molar-refractivity contribution < 1.29 is 4.92 Å². The molecule has 0 saturated carbocycles. The van der Waals surface area contributed by atoms with Gasteiger partial charge in [-0.05, 0) is 29.8 Å². The van der Waals surface area contributed by atoms with Gasteiger partial charge < -0.3 is 11.1 Å². The van der Waals surface area contributed by atoms with E-state index >= 15 is 0 Å². The Morgan fingerprint density at radius 3 is 2.61 bits per heavy atom. The highest BCUT2D eigenvalue weighted by Gasteiger charge is 2.12. The SMILES string of the molecule is NCc1ccc(Nc2ccc[c]c2[N+](=O)[O-])cc1. The topological polar surface area (TPSA) is 81.2 Å². The molecule has 3 N–H and O–H groups in total. The van der Waals surface area contributed by atoms with Gasteiger partial charge in [-0.1, -0.05) is 18.2 Å². The molecule has 2 aromatic carbocycles. The highest BCUT2D eigenvalue weighted by molar-refractivity contribution is 5.68. The molecule has 0 aliphatic heterocycles. The average molecular weight is 242 g/mol. The van der Waals surface area contributed by atoms with Crippen molar-refractivity contribution in [1.82, 2.24) is 0 Å². The quantitative estimate of drug-likeness (QED) is 0.637. The van der Waals surface area contributed by atoms with Crippen LogP contribution in [-0.4, -0.2) is 4.92 Å². The summed E-state index contributed by atoms with van der Waals surface area (Å²) in [6.45, 7) is 0.472. The number of rotatable bonds is 4. The molecular weight excluding hydrogens is 230 g/mol. The van der Waals surface area contributed by atoms with Crippen LogP contribution < -0.4 is 11.1 Å². The van der Waals surface area contributed by atoms with Crippen LogP contribution in [0.1, 0.15) is 5.56 Å². The lowest BCUT2D eigenvalue weighted by atomic mass is 10.2. The van der Waals surface area contributed by atoms with Crippen LogP contribution in [0.4, 0.5) is 17.1 Å². The van der Waals surface area contributed by atoms with Crippen LogP contribution in [0.2, 0.25) is 0 Å². The fourth-order valence-electron chi connectivity index (χ4n) is 1.56. The van der Waals surface area contributed by atoms with Gasteiger partial charge in [0.2, 0.25) is 0 Å². The van der Waals surface area contributed by atoms with Crippen LogP contribution >= 0.6 is 0 Å². The lowest BCUT2D eigenvalue weighted by Gasteiger charge is -2.07. The normalized spacial score (nSPS) is 10.1. The van der Waals surface area contributed by atoms with E-state index in [1.165, 1.54) is 6.07 Å². The number of hydrogen-bond acceptors (Lipinski definition) is 4. The fraction of sp³-hybridized carbons (Fsp3) is 0.0769. The molecular formula is C13H12N3O2. The summed E-state index contributed by atoms with van der Waals surface area (Å²) in [5, 5.41) is 13.8. The molecule has 0 saturated heterocycles. The van der Waals surface area contributed by atoms with E-state index in [-0.39, 0.29) is 5.69 Å². The predicted octanol–water partition coefficient (Wildman–Crippen LogP) is 2.60. The van der Waals surface area contributed by atoms with Gasteiger partial charge in [0.1, 0.15) is 5.69 Å². The molecule has 5 heteroatoms. The number of para-hydroxylation sites is 1. The van der Waals surface area contributed by atoms with E-state index in [4.69, 9.17) is 5.73 Å². The van der Waals surface area contributed by atoms with Gasteiger partial charge in [-0.3, -0.25) is 10.1 Å². The molecule has 5 nitrogen and oxygen atoms in total. The van der Waals surface area contributed by atoms with Gasteiger partial charge >= 0.3 is 5.69 Å². The van der Waals surface area contributed by atoms with Crippen LogP contribution in [0.5, 0.6) is 0 Å². The van der Waals surface area contributed by atoms with Crippen LogP contribution in [0.3, 0.4) is 0 Å². The molecule has 91 valence electrons. The molecule has 0 bridgehead atoms. The Morgan fingerprint density at radius 2 is 2.00 bits per heavy atom. The minimum Gasteiger partial charge on any atom is -0.350 e. The molecule has 0 aliphatic carbocycles. The Bertz CT molecular complexity index is 552. The number of nitro benzene ring substituents is 1. The van der Waals surface area contributed by atoms with Crippen molar-refractivity contribution in [3.8, 4) is 0 Å². The van der Waals surface area contributed by atoms with Crippen molar-refractivity contribution in [2.75, 3.05) is 5.32 Å². The Balaban J connectivity index is 2.25. The number of benzene rings is 2. The third-order valence-electron chi connectivity index (χ3n) is 2.49. The second-order valence-corrected chi connectivity index (χ2v) is 3.72. The summed E-state index contributed by atoms with van der Waals surface area (Å²) in [6.07, 6.45) is 0. The van der Waals surface area contributed by atoms with E-state index in [1.807, 2.05) is 24.3 Å². The molecule has 0 fully saturated rings. The monoisotopic (exact) mass is 242 g/mol. The average Bonchev–Trinajstić information content (AvgIpc) is 2.40. The molecule has 18 heavy (non-hydrogen) atoms. The zero-order valence-electron chi connectivity index (χ0n) is 9.59. The maximum Gasteiger partial charge on any atom is 0.300 e. The zero-order chi connectivity index (χ0) is 13.0. The van der Waals surface area contributed by atoms with Crippen molar-refractivity contribution in [3.05, 3.63) is 64.2 Å². The lowest BCUT2D eigenvalue weighted by molar-refractivity contribution is -0.384. The van der Waals surface area contributed by atoms with E-state index < -0.39 is 4.92 Å². The number of nitrogens with two attached hydrogens (primary N) is 1. The second kappa shape index (κ2) is 5.29. The third kappa shape index (κ3) is 2.64. The summed E-state index contributed by atoms with van der Waals surface area (Å²) >= 11 is 0. The molecule has 0 aliphatic rings. The lowest BCUT2D eigenvalue weighted by Crippen LogP contribution is -1.98. The molecule has 0 heterocycles. The minimum absolute atomic E-state index is 0.0691. The van der Waals surface area contributed by atoms with Gasteiger partial charge in [-0.15, -0.1) is 0 Å². The number of hydrogen-bond donors (Lipinski definition) is 2. The molecule has 2 rings (SSSR count). The summed E-state index contributed by atoms with van der Waals surface area (Å²) in [7, 11) is 0. The first kappa shape index (κ1) is 12.1. The van der Waals surface area contributed by atoms with Crippen molar-refractivity contribution >= 4 is 17.1 Å². The minimum atomic E-state index is -0.462. The van der Waals surface area contributed by atoms with Crippen molar-refractivity contribution in [2.45, 2.75) is 6.54 Å². The largest absolute Gasteiger partial charge is 0.350 e. The van der Waals surface area contributed by atoms with Crippen molar-refractivity contribution in [1.29, 1.82) is 0 Å². The summed E-state index contributed by atoms with van der Waals surface area (Å²) < 4.78 is 0. The second-order valence-electron chi connectivity index (χ2n) is 3.72. The number of nitro groups is 1. The Labute approximate surface area is 104 Å². The Hall–Kier alpha value is -2.40. The number of nitrogens with one attached hydrogen (secondary N) is 1. The van der Waals surface area contributed by atoms with E-state index in [2.05, 4.69) is 11.4 Å². The molecule has 0 amide bonds. The fourth-order valence-corrected chi connectivity index (χ4v) is 1.56. The molecule has 1 radical (unpaired) electrons. The maximum absolute atomic E-state index is 10.8. The van der Waals surface area contributed by atoms with Crippen LogP contribution in [0.15, 0.2) is 42.5 Å². The van der Waals surface area contributed by atoms with Crippen molar-refractivity contribution in [3.63, 3.8) is 0 Å². The van der Waals surface area contributed by atoms with E-state index in [0.717, 1.165) is 11.3 Å². The zero-order valence-corrected chi connectivity index (χ0v) is 9.59. The summed E-state index contributed by atoms with van der Waals surface area (Å²) in [5.41, 5.74) is 7.63. The van der Waals surface area contributed by atoms with Gasteiger partial charge in [0.25, 0.3) is 0 Å². The van der Waals surface area contributed by atoms with Gasteiger partial charge in [0.05, 0.1) is 11.0 Å². The standard InChI is InChI=1S/C13H12N3O2/c14-9-10-5-7-11(8-6-10)15-12-3-1-2-4-13(12)16(17)18/h1-3,5-8,15H,9,14H2. The van der Waals surface area contributed by atoms with Crippen LogP contribution in [0.25, 0.3) is 0 Å². The Morgan fingerprint density at radius 1 is 1.28 bits per heavy atom. The Kier molecular flexibility index (Phi) is 3.54. The van der Waals surface area contributed by atoms with Crippen LogP contribution in [0, 0.1) is 16.2 Å². The molecule has 0 aromatic heterocycles. The van der Waals surface area contributed by atoms with Crippen LogP contribution in [-0.2, 0) is 6.54 Å². The first-order valence-electron chi connectivity index (χ1n) is 5.42. The van der Waals surface area contributed by atoms with Gasteiger partial charge in [-0.2, -0.15) is 0 Å². The summed E-state index contributed by atoms with van der Waals surface area (Å²) in [4.78, 5) is 10.4. The first-order chi connectivity index (χ1) is 8.70.